The van der Waals surface area contributed by atoms with E-state index in [1.807, 2.05) is 12.1 Å². The zero-order valence-corrected chi connectivity index (χ0v) is 29.9. The molecule has 0 N–H and O–H groups in total. The number of rotatable bonds is 6. The van der Waals surface area contributed by atoms with Crippen molar-refractivity contribution in [1.29, 1.82) is 0 Å². The second-order valence-corrected chi connectivity index (χ2v) is 14.2. The maximum atomic E-state index is 6.41. The average Bonchev–Trinajstić information content (AvgIpc) is 3.80. The summed E-state index contributed by atoms with van der Waals surface area (Å²) in [7, 11) is 0. The quantitative estimate of drug-likeness (QED) is 0.172. The van der Waals surface area contributed by atoms with Gasteiger partial charge in [0.2, 0.25) is 0 Å². The number of aromatic nitrogens is 1. The van der Waals surface area contributed by atoms with Gasteiger partial charge < -0.3 is 13.9 Å². The highest BCUT2D eigenvalue weighted by Gasteiger charge is 2.18. The van der Waals surface area contributed by atoms with E-state index < -0.39 is 0 Å². The molecule has 0 saturated carbocycles. The van der Waals surface area contributed by atoms with E-state index in [4.69, 9.17) is 4.42 Å². The number of nitrogens with zero attached hydrogens (tertiary/aromatic N) is 2. The van der Waals surface area contributed by atoms with Crippen molar-refractivity contribution in [3.05, 3.63) is 206 Å². The van der Waals surface area contributed by atoms with Gasteiger partial charge in [0.15, 0.2) is 0 Å². The minimum absolute atomic E-state index is 0.907. The van der Waals surface area contributed by atoms with Crippen molar-refractivity contribution in [2.75, 3.05) is 4.90 Å². The van der Waals surface area contributed by atoms with Crippen LogP contribution in [-0.4, -0.2) is 4.57 Å². The van der Waals surface area contributed by atoms with E-state index in [1.54, 1.807) is 0 Å². The Labute approximate surface area is 318 Å². The van der Waals surface area contributed by atoms with Gasteiger partial charge in [0.05, 0.1) is 11.0 Å². The van der Waals surface area contributed by atoms with E-state index in [0.717, 1.165) is 55.8 Å². The first kappa shape index (κ1) is 31.2. The zero-order valence-electron chi connectivity index (χ0n) is 29.9. The van der Waals surface area contributed by atoms with Crippen LogP contribution in [0.4, 0.5) is 17.1 Å². The normalized spacial score (nSPS) is 11.6. The molecule has 0 bridgehead atoms. The van der Waals surface area contributed by atoms with Gasteiger partial charge in [0.25, 0.3) is 0 Å². The minimum atomic E-state index is 0.907. The molecule has 3 heteroatoms. The lowest BCUT2D eigenvalue weighted by molar-refractivity contribution is 0.670. The minimum Gasteiger partial charge on any atom is -0.455 e. The fourth-order valence-corrected chi connectivity index (χ4v) is 8.33. The summed E-state index contributed by atoms with van der Waals surface area (Å²) in [5.41, 5.74) is 13.2. The Morgan fingerprint density at radius 3 is 1.67 bits per heavy atom. The third kappa shape index (κ3) is 5.20. The van der Waals surface area contributed by atoms with Gasteiger partial charge in [0.1, 0.15) is 11.2 Å². The van der Waals surface area contributed by atoms with Gasteiger partial charge in [0, 0.05) is 49.9 Å². The summed E-state index contributed by atoms with van der Waals surface area (Å²) in [4.78, 5) is 2.34. The fourth-order valence-electron chi connectivity index (χ4n) is 8.33. The summed E-state index contributed by atoms with van der Waals surface area (Å²) in [6.07, 6.45) is 0. The maximum Gasteiger partial charge on any atom is 0.143 e. The number of fused-ring (bicyclic) bond motifs is 7. The molecule has 0 radical (unpaired) electrons. The Morgan fingerprint density at radius 2 is 0.927 bits per heavy atom. The molecule has 2 aromatic heterocycles. The van der Waals surface area contributed by atoms with Gasteiger partial charge in [-0.1, -0.05) is 133 Å². The van der Waals surface area contributed by atoms with Gasteiger partial charge >= 0.3 is 0 Å². The van der Waals surface area contributed by atoms with Crippen molar-refractivity contribution in [3.63, 3.8) is 0 Å². The molecule has 11 rings (SSSR count). The Bertz CT molecular complexity index is 3170. The average molecular weight is 703 g/mol. The van der Waals surface area contributed by atoms with Crippen LogP contribution in [0.3, 0.4) is 0 Å². The van der Waals surface area contributed by atoms with Gasteiger partial charge in [-0.2, -0.15) is 0 Å². The Hall–Kier alpha value is -7.36. The third-order valence-corrected chi connectivity index (χ3v) is 11.0. The van der Waals surface area contributed by atoms with Crippen molar-refractivity contribution >= 4 is 71.6 Å². The predicted molar refractivity (Wildman–Crippen MR) is 231 cm³/mol. The number of hydrogen-bond acceptors (Lipinski definition) is 2. The van der Waals surface area contributed by atoms with Crippen LogP contribution >= 0.6 is 0 Å². The SMILES string of the molecule is c1ccc(-c2ccc(N(c3ccc(-c4cccc5c4oc4ccccc45)cc3)c3ccc(-n4c5ccccc5c5cc6ccccc6cc54)cc3)cc2)cc1. The van der Waals surface area contributed by atoms with E-state index in [-0.39, 0.29) is 0 Å². The van der Waals surface area contributed by atoms with Crippen LogP contribution in [0.2, 0.25) is 0 Å². The molecule has 9 aromatic carbocycles. The molecule has 258 valence electrons. The van der Waals surface area contributed by atoms with Crippen LogP contribution in [0.1, 0.15) is 0 Å². The van der Waals surface area contributed by atoms with Gasteiger partial charge in [-0.3, -0.25) is 0 Å². The first-order valence-corrected chi connectivity index (χ1v) is 18.8. The summed E-state index contributed by atoms with van der Waals surface area (Å²) < 4.78 is 8.80. The summed E-state index contributed by atoms with van der Waals surface area (Å²) >= 11 is 0. The van der Waals surface area contributed by atoms with E-state index in [1.165, 1.54) is 43.7 Å². The largest absolute Gasteiger partial charge is 0.455 e. The highest BCUT2D eigenvalue weighted by Crippen LogP contribution is 2.41. The highest BCUT2D eigenvalue weighted by molar-refractivity contribution is 6.14. The van der Waals surface area contributed by atoms with E-state index in [2.05, 4.69) is 204 Å². The van der Waals surface area contributed by atoms with Crippen molar-refractivity contribution in [2.45, 2.75) is 0 Å². The zero-order chi connectivity index (χ0) is 36.3. The molecule has 0 amide bonds. The third-order valence-electron chi connectivity index (χ3n) is 11.0. The van der Waals surface area contributed by atoms with E-state index in [0.29, 0.717) is 0 Å². The van der Waals surface area contributed by atoms with Crippen LogP contribution < -0.4 is 4.90 Å². The summed E-state index contributed by atoms with van der Waals surface area (Å²) in [6, 6.07) is 73.9. The summed E-state index contributed by atoms with van der Waals surface area (Å²) in [5, 5.41) is 7.28. The maximum absolute atomic E-state index is 6.41. The molecule has 0 unspecified atom stereocenters. The standard InChI is InChI=1S/C52H34N2O/c1-2-11-35(12-3-1)36-21-25-40(26-22-36)53(41-27-23-37(24-28-41)44-17-10-18-47-46-16-7-9-20-51(46)55-52(44)47)42-29-31-43(32-30-42)54-49-19-8-6-15-45(49)48-33-38-13-4-5-14-39(38)34-50(48)54/h1-34H. The second-order valence-electron chi connectivity index (χ2n) is 14.2. The number of para-hydroxylation sites is 3. The molecule has 0 aliphatic carbocycles. The van der Waals surface area contributed by atoms with Crippen LogP contribution in [0.5, 0.6) is 0 Å². The first-order valence-electron chi connectivity index (χ1n) is 18.8. The predicted octanol–water partition coefficient (Wildman–Crippen LogP) is 14.6. The highest BCUT2D eigenvalue weighted by atomic mass is 16.3. The lowest BCUT2D eigenvalue weighted by Gasteiger charge is -2.26. The van der Waals surface area contributed by atoms with Gasteiger partial charge in [-0.05, 0) is 100 Å². The molecule has 3 nitrogen and oxygen atoms in total. The van der Waals surface area contributed by atoms with Crippen LogP contribution in [0.15, 0.2) is 211 Å². The van der Waals surface area contributed by atoms with Gasteiger partial charge in [-0.25, -0.2) is 0 Å². The van der Waals surface area contributed by atoms with Crippen LogP contribution in [-0.2, 0) is 0 Å². The Balaban J connectivity index is 1.02. The molecular formula is C52H34N2O. The lowest BCUT2D eigenvalue weighted by atomic mass is 10.0. The van der Waals surface area contributed by atoms with Crippen molar-refractivity contribution in [1.82, 2.24) is 4.57 Å². The number of benzene rings is 9. The second kappa shape index (κ2) is 12.6. The molecule has 11 aromatic rings. The van der Waals surface area contributed by atoms with Crippen LogP contribution in [0.25, 0.3) is 82.5 Å². The number of furan rings is 1. The number of hydrogen-bond donors (Lipinski definition) is 0. The van der Waals surface area contributed by atoms with Gasteiger partial charge in [-0.15, -0.1) is 0 Å². The monoisotopic (exact) mass is 702 g/mol. The molecule has 55 heavy (non-hydrogen) atoms. The van der Waals surface area contributed by atoms with Crippen molar-refractivity contribution in [2.24, 2.45) is 0 Å². The first-order chi connectivity index (χ1) is 27.3. The van der Waals surface area contributed by atoms with Crippen LogP contribution in [0, 0.1) is 0 Å². The Kier molecular flexibility index (Phi) is 7.17. The summed E-state index contributed by atoms with van der Waals surface area (Å²) in [6.45, 7) is 0. The van der Waals surface area contributed by atoms with E-state index in [9.17, 15) is 0 Å². The Morgan fingerprint density at radius 1 is 0.364 bits per heavy atom. The van der Waals surface area contributed by atoms with Crippen molar-refractivity contribution < 1.29 is 4.42 Å². The molecular weight excluding hydrogens is 669 g/mol. The molecule has 0 aliphatic rings. The number of anilines is 3. The fraction of sp³-hybridized carbons (Fsp3) is 0. The van der Waals surface area contributed by atoms with Crippen molar-refractivity contribution in [3.8, 4) is 27.9 Å². The topological polar surface area (TPSA) is 21.3 Å². The summed E-state index contributed by atoms with van der Waals surface area (Å²) in [5.74, 6) is 0. The molecule has 0 spiro atoms. The molecule has 0 aliphatic heterocycles. The molecule has 0 saturated heterocycles. The van der Waals surface area contributed by atoms with E-state index >= 15 is 0 Å². The molecule has 0 atom stereocenters. The smallest absolute Gasteiger partial charge is 0.143 e. The molecule has 2 heterocycles. The molecule has 0 fully saturated rings. The lowest BCUT2D eigenvalue weighted by Crippen LogP contribution is -2.10.